The number of amides is 1. The number of fused-ring (bicyclic) bond motifs is 1. The quantitative estimate of drug-likeness (QED) is 0.848. The highest BCUT2D eigenvalue weighted by molar-refractivity contribution is 7.20. The van der Waals surface area contributed by atoms with Gasteiger partial charge in [0, 0.05) is 20.2 Å². The average molecular weight is 364 g/mol. The topological polar surface area (TPSA) is 76.6 Å². The van der Waals surface area contributed by atoms with E-state index in [9.17, 15) is 4.79 Å². The van der Waals surface area contributed by atoms with Gasteiger partial charge < -0.3 is 19.7 Å². The molecule has 1 amide bonds. The second-order valence-corrected chi connectivity index (χ2v) is 7.07. The monoisotopic (exact) mass is 364 g/mol. The molecule has 0 saturated carbocycles. The second-order valence-electron chi connectivity index (χ2n) is 6.07. The Morgan fingerprint density at radius 2 is 2.20 bits per heavy atom. The highest BCUT2D eigenvalue weighted by Crippen LogP contribution is 2.34. The van der Waals surface area contributed by atoms with Gasteiger partial charge in [-0.25, -0.2) is 9.97 Å². The number of aryl methyl sites for hydroxylation is 1. The van der Waals surface area contributed by atoms with Crippen molar-refractivity contribution >= 4 is 33.3 Å². The van der Waals surface area contributed by atoms with E-state index >= 15 is 0 Å². The number of nitrogens with zero attached hydrogens (tertiary/aromatic N) is 3. The van der Waals surface area contributed by atoms with Gasteiger partial charge >= 0.3 is 0 Å². The van der Waals surface area contributed by atoms with Crippen LogP contribution in [0, 0.1) is 6.92 Å². The van der Waals surface area contributed by atoms with Crippen LogP contribution in [0.4, 0.5) is 5.82 Å². The standard InChI is InChI=1S/C17H24N4O3S/c1-4-12(9-23-3)20-15-13-11(2)14(25-16(13)19-10-18-15)17(22)21-5-7-24-8-6-21/h10,12H,4-9H2,1-3H3,(H,18,19,20)/t12-/m1/s1. The lowest BCUT2D eigenvalue weighted by Gasteiger charge is -2.26. The second kappa shape index (κ2) is 8.07. The summed E-state index contributed by atoms with van der Waals surface area (Å²) in [5, 5.41) is 4.36. The molecule has 0 aliphatic carbocycles. The minimum atomic E-state index is 0.0543. The zero-order valence-electron chi connectivity index (χ0n) is 14.9. The molecule has 1 fully saturated rings. The van der Waals surface area contributed by atoms with Gasteiger partial charge in [-0.2, -0.15) is 0 Å². The van der Waals surface area contributed by atoms with E-state index in [1.165, 1.54) is 11.3 Å². The molecule has 25 heavy (non-hydrogen) atoms. The van der Waals surface area contributed by atoms with Crippen LogP contribution in [-0.2, 0) is 9.47 Å². The molecule has 1 aliphatic rings. The van der Waals surface area contributed by atoms with Crippen molar-refractivity contribution < 1.29 is 14.3 Å². The summed E-state index contributed by atoms with van der Waals surface area (Å²) in [6.45, 7) is 7.13. The fraction of sp³-hybridized carbons (Fsp3) is 0.588. The van der Waals surface area contributed by atoms with Crippen LogP contribution in [0.2, 0.25) is 0 Å². The summed E-state index contributed by atoms with van der Waals surface area (Å²) in [6, 6.07) is 0.167. The van der Waals surface area contributed by atoms with E-state index in [0.29, 0.717) is 32.9 Å². The first kappa shape index (κ1) is 18.0. The minimum absolute atomic E-state index is 0.0543. The molecule has 0 aromatic carbocycles. The van der Waals surface area contributed by atoms with E-state index in [2.05, 4.69) is 22.2 Å². The third-order valence-electron chi connectivity index (χ3n) is 4.42. The number of hydrogen-bond acceptors (Lipinski definition) is 7. The van der Waals surface area contributed by atoms with E-state index in [1.54, 1.807) is 13.4 Å². The van der Waals surface area contributed by atoms with Crippen molar-refractivity contribution in [1.82, 2.24) is 14.9 Å². The van der Waals surface area contributed by atoms with E-state index < -0.39 is 0 Å². The van der Waals surface area contributed by atoms with Gasteiger partial charge in [-0.05, 0) is 18.9 Å². The van der Waals surface area contributed by atoms with Crippen LogP contribution < -0.4 is 5.32 Å². The fourth-order valence-corrected chi connectivity index (χ4v) is 4.07. The number of morpholine rings is 1. The number of aromatic nitrogens is 2. The fourth-order valence-electron chi connectivity index (χ4n) is 2.95. The Bertz CT molecular complexity index is 743. The van der Waals surface area contributed by atoms with Crippen LogP contribution >= 0.6 is 11.3 Å². The molecule has 3 heterocycles. The zero-order valence-corrected chi connectivity index (χ0v) is 15.7. The molecule has 3 rings (SSSR count). The first-order valence-corrected chi connectivity index (χ1v) is 9.34. The lowest BCUT2D eigenvalue weighted by Crippen LogP contribution is -2.40. The lowest BCUT2D eigenvalue weighted by molar-refractivity contribution is 0.0306. The Balaban J connectivity index is 1.93. The van der Waals surface area contributed by atoms with E-state index in [-0.39, 0.29) is 11.9 Å². The summed E-state index contributed by atoms with van der Waals surface area (Å²) in [6.07, 6.45) is 2.46. The van der Waals surface area contributed by atoms with Crippen LogP contribution in [0.15, 0.2) is 6.33 Å². The molecule has 1 atom stereocenters. The normalized spacial score (nSPS) is 16.2. The predicted octanol–water partition coefficient (Wildman–Crippen LogP) is 2.31. The maximum atomic E-state index is 12.9. The molecule has 136 valence electrons. The van der Waals surface area contributed by atoms with Crippen LogP contribution in [-0.4, -0.2) is 66.8 Å². The SMILES string of the molecule is CC[C@H](COC)Nc1ncnc2sc(C(=O)N3CCOCC3)c(C)c12. The van der Waals surface area contributed by atoms with Crippen LogP contribution in [0.25, 0.3) is 10.2 Å². The Labute approximate surface area is 151 Å². The molecule has 0 bridgehead atoms. The summed E-state index contributed by atoms with van der Waals surface area (Å²) in [4.78, 5) is 25.1. The minimum Gasteiger partial charge on any atom is -0.383 e. The lowest BCUT2D eigenvalue weighted by atomic mass is 10.1. The van der Waals surface area contributed by atoms with Crippen molar-refractivity contribution in [1.29, 1.82) is 0 Å². The highest BCUT2D eigenvalue weighted by atomic mass is 32.1. The molecule has 1 saturated heterocycles. The average Bonchev–Trinajstić information content (AvgIpc) is 2.99. The van der Waals surface area contributed by atoms with Crippen molar-refractivity contribution in [3.63, 3.8) is 0 Å². The molecule has 0 radical (unpaired) electrons. The van der Waals surface area contributed by atoms with Gasteiger partial charge in [0.1, 0.15) is 17.0 Å². The smallest absolute Gasteiger partial charge is 0.264 e. The number of carbonyl (C=O) groups is 1. The number of nitrogens with one attached hydrogen (secondary N) is 1. The number of hydrogen-bond donors (Lipinski definition) is 1. The van der Waals surface area contributed by atoms with Gasteiger partial charge in [-0.15, -0.1) is 11.3 Å². The van der Waals surface area contributed by atoms with Gasteiger partial charge in [-0.3, -0.25) is 4.79 Å². The summed E-state index contributed by atoms with van der Waals surface area (Å²) in [7, 11) is 1.69. The van der Waals surface area contributed by atoms with E-state index in [4.69, 9.17) is 9.47 Å². The molecule has 8 heteroatoms. The molecule has 1 N–H and O–H groups in total. The maximum absolute atomic E-state index is 12.9. The maximum Gasteiger partial charge on any atom is 0.264 e. The van der Waals surface area contributed by atoms with E-state index in [1.807, 2.05) is 11.8 Å². The van der Waals surface area contributed by atoms with Crippen molar-refractivity contribution in [3.8, 4) is 0 Å². The Kier molecular flexibility index (Phi) is 5.82. The summed E-state index contributed by atoms with van der Waals surface area (Å²) in [5.74, 6) is 0.822. The first-order chi connectivity index (χ1) is 12.2. The molecule has 2 aromatic rings. The number of methoxy groups -OCH3 is 1. The third kappa shape index (κ3) is 3.75. The molecular formula is C17H24N4O3S. The molecule has 0 unspecified atom stereocenters. The number of thiophene rings is 1. The summed E-state index contributed by atoms with van der Waals surface area (Å²) < 4.78 is 10.6. The van der Waals surface area contributed by atoms with Gasteiger partial charge in [0.25, 0.3) is 5.91 Å². The number of anilines is 1. The number of ether oxygens (including phenoxy) is 2. The number of rotatable bonds is 6. The van der Waals surface area contributed by atoms with Gasteiger partial charge in [0.15, 0.2) is 0 Å². The Morgan fingerprint density at radius 3 is 2.88 bits per heavy atom. The predicted molar refractivity (Wildman–Crippen MR) is 98.5 cm³/mol. The Morgan fingerprint density at radius 1 is 1.44 bits per heavy atom. The highest BCUT2D eigenvalue weighted by Gasteiger charge is 2.25. The Hall–Kier alpha value is -1.77. The molecule has 0 spiro atoms. The van der Waals surface area contributed by atoms with Gasteiger partial charge in [0.2, 0.25) is 0 Å². The van der Waals surface area contributed by atoms with Gasteiger partial charge in [-0.1, -0.05) is 6.92 Å². The van der Waals surface area contributed by atoms with E-state index in [0.717, 1.165) is 32.9 Å². The van der Waals surface area contributed by atoms with Gasteiger partial charge in [0.05, 0.1) is 36.1 Å². The third-order valence-corrected chi connectivity index (χ3v) is 5.61. The molecule has 7 nitrogen and oxygen atoms in total. The van der Waals surface area contributed by atoms with Crippen LogP contribution in [0.5, 0.6) is 0 Å². The zero-order chi connectivity index (χ0) is 17.8. The van der Waals surface area contributed by atoms with Crippen molar-refractivity contribution in [2.45, 2.75) is 26.3 Å². The molecular weight excluding hydrogens is 340 g/mol. The van der Waals surface area contributed by atoms with Crippen molar-refractivity contribution in [3.05, 3.63) is 16.8 Å². The molecule has 2 aromatic heterocycles. The molecule has 1 aliphatic heterocycles. The van der Waals surface area contributed by atoms with Crippen molar-refractivity contribution in [2.24, 2.45) is 0 Å². The van der Waals surface area contributed by atoms with Crippen molar-refractivity contribution in [2.75, 3.05) is 45.3 Å². The van der Waals surface area contributed by atoms with Crippen LogP contribution in [0.1, 0.15) is 28.6 Å². The summed E-state index contributed by atoms with van der Waals surface area (Å²) >= 11 is 1.43. The largest absolute Gasteiger partial charge is 0.383 e. The number of carbonyl (C=O) groups excluding carboxylic acids is 1. The first-order valence-electron chi connectivity index (χ1n) is 8.52. The van der Waals surface area contributed by atoms with Crippen LogP contribution in [0.3, 0.4) is 0 Å². The summed E-state index contributed by atoms with van der Waals surface area (Å²) in [5.41, 5.74) is 0.937.